The highest BCUT2D eigenvalue weighted by Gasteiger charge is 2.24. The Balaban J connectivity index is 1.43. The number of aromatic nitrogens is 1. The molecular formula is C34H27ClFN3O2S. The lowest BCUT2D eigenvalue weighted by Gasteiger charge is -2.24. The van der Waals surface area contributed by atoms with Crippen LogP contribution in [0.25, 0.3) is 33.0 Å². The van der Waals surface area contributed by atoms with Crippen LogP contribution in [0.1, 0.15) is 16.9 Å². The van der Waals surface area contributed by atoms with Crippen LogP contribution in [0, 0.1) is 12.7 Å². The summed E-state index contributed by atoms with van der Waals surface area (Å²) in [7, 11) is 0. The predicted molar refractivity (Wildman–Crippen MR) is 170 cm³/mol. The number of carbonyl (C=O) groups is 1. The number of hydrogen-bond donors (Lipinski definition) is 1. The van der Waals surface area contributed by atoms with E-state index in [1.54, 1.807) is 35.0 Å². The smallest absolute Gasteiger partial charge is 0.322 e. The number of amides is 2. The highest BCUT2D eigenvalue weighted by atomic mass is 35.5. The number of pyridine rings is 1. The van der Waals surface area contributed by atoms with Crippen molar-refractivity contribution in [3.05, 3.63) is 125 Å². The third-order valence-electron chi connectivity index (χ3n) is 7.16. The summed E-state index contributed by atoms with van der Waals surface area (Å²) in [6.07, 6.45) is 3.70. The van der Waals surface area contributed by atoms with Gasteiger partial charge < -0.3 is 14.6 Å². The van der Waals surface area contributed by atoms with Crippen molar-refractivity contribution in [2.75, 3.05) is 11.6 Å². The lowest BCUT2D eigenvalue weighted by atomic mass is 10.0. The van der Waals surface area contributed by atoms with Crippen molar-refractivity contribution < 1.29 is 13.6 Å². The summed E-state index contributed by atoms with van der Waals surface area (Å²) in [5, 5.41) is 5.60. The summed E-state index contributed by atoms with van der Waals surface area (Å²) in [6, 6.07) is 27.2. The van der Waals surface area contributed by atoms with E-state index in [0.717, 1.165) is 49.0 Å². The molecular weight excluding hydrogens is 569 g/mol. The minimum Gasteiger partial charge on any atom is -0.459 e. The number of furan rings is 1. The van der Waals surface area contributed by atoms with Gasteiger partial charge in [-0.05, 0) is 85.0 Å². The molecule has 2 aromatic heterocycles. The summed E-state index contributed by atoms with van der Waals surface area (Å²) in [4.78, 5) is 21.2. The molecule has 0 radical (unpaired) electrons. The zero-order valence-electron chi connectivity index (χ0n) is 23.0. The summed E-state index contributed by atoms with van der Waals surface area (Å²) in [5.74, 6) is 0.306. The number of nitrogens with zero attached hydrogens (tertiary/aromatic N) is 2. The van der Waals surface area contributed by atoms with Crippen LogP contribution < -0.4 is 5.32 Å². The first-order valence-corrected chi connectivity index (χ1v) is 15.0. The number of halogens is 2. The Hall–Kier alpha value is -4.33. The largest absolute Gasteiger partial charge is 0.459 e. The number of urea groups is 1. The molecule has 0 aliphatic rings. The Morgan fingerprint density at radius 3 is 2.52 bits per heavy atom. The summed E-state index contributed by atoms with van der Waals surface area (Å²) < 4.78 is 20.2. The molecule has 0 bridgehead atoms. The Labute approximate surface area is 252 Å². The van der Waals surface area contributed by atoms with E-state index in [1.807, 2.05) is 73.8 Å². The van der Waals surface area contributed by atoms with Crippen LogP contribution in [-0.2, 0) is 13.1 Å². The second kappa shape index (κ2) is 11.9. The minimum atomic E-state index is -0.333. The van der Waals surface area contributed by atoms with Gasteiger partial charge >= 0.3 is 6.03 Å². The third kappa shape index (κ3) is 5.71. The van der Waals surface area contributed by atoms with Gasteiger partial charge in [-0.25, -0.2) is 9.18 Å². The number of fused-ring (bicyclic) bond motifs is 2. The van der Waals surface area contributed by atoms with Gasteiger partial charge in [0.25, 0.3) is 0 Å². The quantitative estimate of drug-likeness (QED) is 0.187. The molecule has 0 unspecified atom stereocenters. The Kier molecular flexibility index (Phi) is 7.87. The number of rotatable bonds is 7. The van der Waals surface area contributed by atoms with Gasteiger partial charge in [-0.2, -0.15) is 0 Å². The fourth-order valence-electron chi connectivity index (χ4n) is 5.11. The zero-order chi connectivity index (χ0) is 29.2. The second-order valence-electron chi connectivity index (χ2n) is 10.0. The monoisotopic (exact) mass is 595 g/mol. The van der Waals surface area contributed by atoms with Crippen molar-refractivity contribution in [1.29, 1.82) is 0 Å². The zero-order valence-corrected chi connectivity index (χ0v) is 24.6. The number of benzene rings is 4. The molecule has 0 aliphatic heterocycles. The number of hydrogen-bond acceptors (Lipinski definition) is 4. The molecule has 0 spiro atoms. The molecule has 6 aromatic rings. The molecule has 210 valence electrons. The van der Waals surface area contributed by atoms with Gasteiger partial charge in [0.1, 0.15) is 17.2 Å². The first kappa shape index (κ1) is 27.8. The van der Waals surface area contributed by atoms with Crippen LogP contribution >= 0.6 is 23.4 Å². The molecule has 5 nitrogen and oxygen atoms in total. The van der Waals surface area contributed by atoms with E-state index >= 15 is 0 Å². The molecule has 0 atom stereocenters. The number of thioether (sulfide) groups is 1. The Morgan fingerprint density at radius 1 is 0.976 bits per heavy atom. The topological polar surface area (TPSA) is 58.4 Å². The average Bonchev–Trinajstić information content (AvgIpc) is 3.35. The highest BCUT2D eigenvalue weighted by molar-refractivity contribution is 7.98. The maximum absolute atomic E-state index is 14.1. The van der Waals surface area contributed by atoms with E-state index in [-0.39, 0.29) is 24.9 Å². The normalized spacial score (nSPS) is 11.2. The van der Waals surface area contributed by atoms with E-state index in [2.05, 4.69) is 16.4 Å². The van der Waals surface area contributed by atoms with Gasteiger partial charge in [0.2, 0.25) is 0 Å². The summed E-state index contributed by atoms with van der Waals surface area (Å²) in [5.41, 5.74) is 5.93. The van der Waals surface area contributed by atoms with Gasteiger partial charge in [0.05, 0.1) is 17.7 Å². The number of aryl methyl sites for hydroxylation is 1. The predicted octanol–water partition coefficient (Wildman–Crippen LogP) is 9.71. The minimum absolute atomic E-state index is 0.173. The average molecular weight is 596 g/mol. The molecule has 0 saturated heterocycles. The van der Waals surface area contributed by atoms with Gasteiger partial charge in [-0.3, -0.25) is 4.98 Å². The van der Waals surface area contributed by atoms with Gasteiger partial charge in [0, 0.05) is 39.0 Å². The lowest BCUT2D eigenvalue weighted by molar-refractivity contribution is 0.202. The van der Waals surface area contributed by atoms with Crippen molar-refractivity contribution in [3.63, 3.8) is 0 Å². The second-order valence-corrected chi connectivity index (χ2v) is 11.3. The van der Waals surface area contributed by atoms with Crippen molar-refractivity contribution in [1.82, 2.24) is 9.88 Å². The summed E-state index contributed by atoms with van der Waals surface area (Å²) in [6.45, 7) is 2.45. The van der Waals surface area contributed by atoms with Crippen molar-refractivity contribution in [2.24, 2.45) is 0 Å². The Bertz CT molecular complexity index is 1910. The molecule has 0 fully saturated rings. The maximum Gasteiger partial charge on any atom is 0.322 e. The van der Waals surface area contributed by atoms with E-state index in [0.29, 0.717) is 16.5 Å². The van der Waals surface area contributed by atoms with E-state index < -0.39 is 0 Å². The third-order valence-corrected chi connectivity index (χ3v) is 8.19. The van der Waals surface area contributed by atoms with E-state index in [4.69, 9.17) is 16.0 Å². The fourth-order valence-corrected chi connectivity index (χ4v) is 5.80. The SMILES string of the molecule is CSc1ccc2ncccc2c1NC(=O)N(Cc1ccc(F)cc1)Cc1oc2ccc(C)cc2c1-c1ccc(Cl)cc1. The van der Waals surface area contributed by atoms with Crippen LogP contribution in [-0.4, -0.2) is 22.2 Å². The van der Waals surface area contributed by atoms with Gasteiger partial charge in [0.15, 0.2) is 0 Å². The number of carbonyl (C=O) groups excluding carboxylic acids is 1. The molecule has 0 saturated carbocycles. The molecule has 6 rings (SSSR count). The fraction of sp³-hybridized carbons (Fsp3) is 0.118. The maximum atomic E-state index is 14.1. The van der Waals surface area contributed by atoms with Crippen LogP contribution in [0.5, 0.6) is 0 Å². The van der Waals surface area contributed by atoms with E-state index in [9.17, 15) is 9.18 Å². The van der Waals surface area contributed by atoms with E-state index in [1.165, 1.54) is 12.1 Å². The molecule has 4 aromatic carbocycles. The molecule has 42 heavy (non-hydrogen) atoms. The van der Waals surface area contributed by atoms with Gasteiger partial charge in [-0.15, -0.1) is 11.8 Å². The summed E-state index contributed by atoms with van der Waals surface area (Å²) >= 11 is 7.76. The van der Waals surface area contributed by atoms with Crippen molar-refractivity contribution in [3.8, 4) is 11.1 Å². The van der Waals surface area contributed by atoms with Crippen LogP contribution in [0.3, 0.4) is 0 Å². The van der Waals surface area contributed by atoms with Crippen LogP contribution in [0.15, 0.2) is 107 Å². The van der Waals surface area contributed by atoms with Gasteiger partial charge in [-0.1, -0.05) is 47.5 Å². The molecule has 2 amide bonds. The molecule has 0 aliphatic carbocycles. The number of anilines is 1. The molecule has 2 heterocycles. The Morgan fingerprint density at radius 2 is 1.76 bits per heavy atom. The lowest BCUT2D eigenvalue weighted by Crippen LogP contribution is -2.34. The van der Waals surface area contributed by atoms with Crippen LogP contribution in [0.4, 0.5) is 14.9 Å². The molecule has 1 N–H and O–H groups in total. The number of nitrogens with one attached hydrogen (secondary N) is 1. The standard InChI is InChI=1S/C34H27ClFN3O2S/c1-21-5-15-29-27(18-21)32(23-8-10-24(35)11-9-23)30(41-29)20-39(19-22-6-12-25(36)13-7-22)34(40)38-33-26-4-3-17-37-28(26)14-16-31(33)42-2/h3-18H,19-20H2,1-2H3,(H,38,40). The first-order chi connectivity index (χ1) is 20.4. The van der Waals surface area contributed by atoms with Crippen molar-refractivity contribution >= 4 is 57.0 Å². The van der Waals surface area contributed by atoms with Crippen LogP contribution in [0.2, 0.25) is 5.02 Å². The highest BCUT2D eigenvalue weighted by Crippen LogP contribution is 2.38. The molecule has 8 heteroatoms. The first-order valence-electron chi connectivity index (χ1n) is 13.4. The van der Waals surface area contributed by atoms with Crippen molar-refractivity contribution in [2.45, 2.75) is 24.9 Å².